The van der Waals surface area contributed by atoms with Crippen LogP contribution in [-0.4, -0.2) is 27.8 Å². The normalized spacial score (nSPS) is 11.8. The van der Waals surface area contributed by atoms with E-state index in [2.05, 4.69) is 10.4 Å². The highest BCUT2D eigenvalue weighted by atomic mass is 16.5. The monoisotopic (exact) mass is 365 g/mol. The lowest BCUT2D eigenvalue weighted by atomic mass is 10.1. The van der Waals surface area contributed by atoms with E-state index in [1.807, 2.05) is 19.1 Å². The standard InChI is InChI=1S/C20H19N3O4/c1-12-8-10-14(11-9-12)21-18(24)13(2)27-20(26)17-15-6-4-5-7-16(15)19(25)23(3)22-17/h4-11,13H,1-3H3,(H,21,24)/t13-/m1/s1. The number of aryl methyl sites for hydroxylation is 2. The molecule has 7 heteroatoms. The van der Waals surface area contributed by atoms with Gasteiger partial charge in [-0.05, 0) is 32.0 Å². The summed E-state index contributed by atoms with van der Waals surface area (Å²) >= 11 is 0. The molecule has 1 aromatic heterocycles. The van der Waals surface area contributed by atoms with Crippen LogP contribution < -0.4 is 10.9 Å². The number of ether oxygens (including phenoxy) is 1. The number of esters is 1. The van der Waals surface area contributed by atoms with Crippen molar-refractivity contribution in [1.29, 1.82) is 0 Å². The van der Waals surface area contributed by atoms with Gasteiger partial charge in [-0.2, -0.15) is 5.10 Å². The minimum Gasteiger partial charge on any atom is -0.448 e. The molecule has 0 aliphatic heterocycles. The van der Waals surface area contributed by atoms with E-state index in [1.54, 1.807) is 36.4 Å². The number of anilines is 1. The lowest BCUT2D eigenvalue weighted by Crippen LogP contribution is -2.31. The van der Waals surface area contributed by atoms with E-state index in [4.69, 9.17) is 4.74 Å². The van der Waals surface area contributed by atoms with Crippen LogP contribution in [-0.2, 0) is 16.6 Å². The third-order valence-corrected chi connectivity index (χ3v) is 4.12. The molecule has 0 bridgehead atoms. The summed E-state index contributed by atoms with van der Waals surface area (Å²) in [5.41, 5.74) is 1.36. The highest BCUT2D eigenvalue weighted by molar-refractivity contribution is 6.03. The van der Waals surface area contributed by atoms with Gasteiger partial charge in [0.2, 0.25) is 0 Å². The molecule has 0 saturated carbocycles. The van der Waals surface area contributed by atoms with E-state index in [0.717, 1.165) is 10.2 Å². The van der Waals surface area contributed by atoms with E-state index >= 15 is 0 Å². The largest absolute Gasteiger partial charge is 0.448 e. The number of nitrogens with zero attached hydrogens (tertiary/aromatic N) is 2. The Balaban J connectivity index is 1.80. The van der Waals surface area contributed by atoms with Gasteiger partial charge in [0.1, 0.15) is 0 Å². The van der Waals surface area contributed by atoms with Crippen molar-refractivity contribution >= 4 is 28.3 Å². The number of carbonyl (C=O) groups excluding carboxylic acids is 2. The average Bonchev–Trinajstić information content (AvgIpc) is 2.66. The number of aromatic nitrogens is 2. The van der Waals surface area contributed by atoms with Gasteiger partial charge < -0.3 is 10.1 Å². The molecule has 0 radical (unpaired) electrons. The molecule has 27 heavy (non-hydrogen) atoms. The second-order valence-electron chi connectivity index (χ2n) is 6.23. The number of hydrogen-bond donors (Lipinski definition) is 1. The van der Waals surface area contributed by atoms with Gasteiger partial charge in [0.25, 0.3) is 11.5 Å². The number of amides is 1. The van der Waals surface area contributed by atoms with Crippen molar-refractivity contribution in [2.45, 2.75) is 20.0 Å². The van der Waals surface area contributed by atoms with Crippen LogP contribution in [0, 0.1) is 6.92 Å². The van der Waals surface area contributed by atoms with E-state index in [1.165, 1.54) is 14.0 Å². The molecule has 0 aliphatic rings. The summed E-state index contributed by atoms with van der Waals surface area (Å²) in [5.74, 6) is -1.23. The zero-order valence-corrected chi connectivity index (χ0v) is 15.2. The van der Waals surface area contributed by atoms with Crippen molar-refractivity contribution in [3.8, 4) is 0 Å². The van der Waals surface area contributed by atoms with Crippen LogP contribution in [0.4, 0.5) is 5.69 Å². The van der Waals surface area contributed by atoms with Gasteiger partial charge in [0, 0.05) is 18.1 Å². The van der Waals surface area contributed by atoms with Gasteiger partial charge in [-0.1, -0.05) is 35.9 Å². The van der Waals surface area contributed by atoms with Crippen LogP contribution in [0.15, 0.2) is 53.3 Å². The van der Waals surface area contributed by atoms with Crippen molar-refractivity contribution < 1.29 is 14.3 Å². The van der Waals surface area contributed by atoms with Gasteiger partial charge >= 0.3 is 5.97 Å². The van der Waals surface area contributed by atoms with Gasteiger partial charge in [-0.25, -0.2) is 9.48 Å². The number of hydrogen-bond acceptors (Lipinski definition) is 5. The molecule has 0 aliphatic carbocycles. The second-order valence-corrected chi connectivity index (χ2v) is 6.23. The van der Waals surface area contributed by atoms with E-state index < -0.39 is 18.0 Å². The number of carbonyl (C=O) groups is 2. The van der Waals surface area contributed by atoms with Crippen LogP contribution in [0.1, 0.15) is 23.0 Å². The summed E-state index contributed by atoms with van der Waals surface area (Å²) in [5, 5.41) is 7.44. The molecule has 1 amide bonds. The topological polar surface area (TPSA) is 90.3 Å². The van der Waals surface area contributed by atoms with Crippen LogP contribution in [0.5, 0.6) is 0 Å². The maximum Gasteiger partial charge on any atom is 0.360 e. The Morgan fingerprint density at radius 3 is 2.37 bits per heavy atom. The summed E-state index contributed by atoms with van der Waals surface area (Å²) in [6.45, 7) is 3.42. The molecule has 0 fully saturated rings. The molecular formula is C20H19N3O4. The first-order chi connectivity index (χ1) is 12.9. The summed E-state index contributed by atoms with van der Waals surface area (Å²) in [4.78, 5) is 37.0. The predicted molar refractivity (Wildman–Crippen MR) is 102 cm³/mol. The van der Waals surface area contributed by atoms with Crippen LogP contribution in [0.25, 0.3) is 10.8 Å². The average molecular weight is 365 g/mol. The lowest BCUT2D eigenvalue weighted by Gasteiger charge is -2.14. The lowest BCUT2D eigenvalue weighted by molar-refractivity contribution is -0.123. The van der Waals surface area contributed by atoms with E-state index in [0.29, 0.717) is 16.5 Å². The molecule has 1 heterocycles. The Hall–Kier alpha value is -3.48. The molecule has 1 atom stereocenters. The highest BCUT2D eigenvalue weighted by Crippen LogP contribution is 2.15. The van der Waals surface area contributed by atoms with Crippen molar-refractivity contribution in [3.05, 3.63) is 70.1 Å². The Labute approximate surface area is 155 Å². The molecule has 7 nitrogen and oxygen atoms in total. The van der Waals surface area contributed by atoms with Crippen molar-refractivity contribution in [2.75, 3.05) is 5.32 Å². The van der Waals surface area contributed by atoms with Crippen molar-refractivity contribution in [2.24, 2.45) is 7.05 Å². The van der Waals surface area contributed by atoms with Gasteiger partial charge in [0.15, 0.2) is 11.8 Å². The van der Waals surface area contributed by atoms with Crippen molar-refractivity contribution in [3.63, 3.8) is 0 Å². The first-order valence-electron chi connectivity index (χ1n) is 8.41. The van der Waals surface area contributed by atoms with Crippen LogP contribution >= 0.6 is 0 Å². The Bertz CT molecular complexity index is 1070. The molecular weight excluding hydrogens is 346 g/mol. The number of fused-ring (bicyclic) bond motifs is 1. The molecule has 138 valence electrons. The van der Waals surface area contributed by atoms with Crippen LogP contribution in [0.3, 0.4) is 0 Å². The maximum atomic E-state index is 12.6. The first kappa shape index (κ1) is 18.3. The summed E-state index contributed by atoms with van der Waals surface area (Å²) in [6, 6.07) is 13.9. The summed E-state index contributed by atoms with van der Waals surface area (Å²) in [6.07, 6.45) is -1.03. The third-order valence-electron chi connectivity index (χ3n) is 4.12. The smallest absolute Gasteiger partial charge is 0.360 e. The quantitative estimate of drug-likeness (QED) is 0.717. The Morgan fingerprint density at radius 2 is 1.70 bits per heavy atom. The fraction of sp³-hybridized carbons (Fsp3) is 0.200. The Kier molecular flexibility index (Phi) is 5.03. The summed E-state index contributed by atoms with van der Waals surface area (Å²) < 4.78 is 6.35. The Morgan fingerprint density at radius 1 is 1.07 bits per heavy atom. The minimum atomic E-state index is -1.03. The van der Waals surface area contributed by atoms with Gasteiger partial charge in [-0.3, -0.25) is 9.59 Å². The zero-order chi connectivity index (χ0) is 19.6. The number of benzene rings is 2. The summed E-state index contributed by atoms with van der Waals surface area (Å²) in [7, 11) is 1.46. The molecule has 0 unspecified atom stereocenters. The molecule has 1 N–H and O–H groups in total. The maximum absolute atomic E-state index is 12.6. The molecule has 3 aromatic rings. The fourth-order valence-corrected chi connectivity index (χ4v) is 2.60. The first-order valence-corrected chi connectivity index (χ1v) is 8.41. The SMILES string of the molecule is Cc1ccc(NC(=O)[C@@H](C)OC(=O)c2nn(C)c(=O)c3ccccc23)cc1. The molecule has 0 saturated heterocycles. The molecule has 3 rings (SSSR count). The van der Waals surface area contributed by atoms with Crippen LogP contribution in [0.2, 0.25) is 0 Å². The second kappa shape index (κ2) is 7.41. The van der Waals surface area contributed by atoms with Gasteiger partial charge in [0.05, 0.1) is 5.39 Å². The molecule has 2 aromatic carbocycles. The molecule has 0 spiro atoms. The van der Waals surface area contributed by atoms with E-state index in [9.17, 15) is 14.4 Å². The highest BCUT2D eigenvalue weighted by Gasteiger charge is 2.23. The van der Waals surface area contributed by atoms with E-state index in [-0.39, 0.29) is 11.3 Å². The predicted octanol–water partition coefficient (Wildman–Crippen LogP) is 2.43. The minimum absolute atomic E-state index is 0.0114. The van der Waals surface area contributed by atoms with Crippen molar-refractivity contribution in [1.82, 2.24) is 9.78 Å². The third kappa shape index (κ3) is 3.87. The van der Waals surface area contributed by atoms with Gasteiger partial charge in [-0.15, -0.1) is 0 Å². The number of nitrogens with one attached hydrogen (secondary N) is 1. The fourth-order valence-electron chi connectivity index (χ4n) is 2.60. The number of rotatable bonds is 4. The zero-order valence-electron chi connectivity index (χ0n) is 15.2.